The summed E-state index contributed by atoms with van der Waals surface area (Å²) in [5.74, 6) is -3.91. The molecular weight excluding hydrogens is 936 g/mol. The second-order valence-electron chi connectivity index (χ2n) is 14.3. The summed E-state index contributed by atoms with van der Waals surface area (Å²) < 4.78 is 141. The van der Waals surface area contributed by atoms with E-state index < -0.39 is 96.2 Å². The normalized spacial score (nSPS) is 12.2. The summed E-state index contributed by atoms with van der Waals surface area (Å²) in [4.78, 5) is 34.7. The fraction of sp³-hybridized carbons (Fsp3) is 0.256. The van der Waals surface area contributed by atoms with Crippen molar-refractivity contribution in [1.82, 2.24) is 13.9 Å². The van der Waals surface area contributed by atoms with Crippen molar-refractivity contribution in [2.24, 2.45) is 0 Å². The minimum Gasteiger partial charge on any atom is -0.484 e. The molecule has 0 aliphatic carbocycles. The lowest BCUT2D eigenvalue weighted by molar-refractivity contribution is -0.153. The molecular formula is C43H40F3N3O12S4. The summed E-state index contributed by atoms with van der Waals surface area (Å²) in [5, 5.41) is -0.0769. The predicted molar refractivity (Wildman–Crippen MR) is 232 cm³/mol. The number of aromatic nitrogens is 3. The average Bonchev–Trinajstić information content (AvgIpc) is 3.64. The summed E-state index contributed by atoms with van der Waals surface area (Å²) in [5.41, 5.74) is 2.09. The van der Waals surface area contributed by atoms with Gasteiger partial charge in [0.05, 0.1) is 42.9 Å². The lowest BCUT2D eigenvalue weighted by atomic mass is 10.2. The van der Waals surface area contributed by atoms with Gasteiger partial charge in [-0.2, -0.15) is 13.2 Å². The highest BCUT2D eigenvalue weighted by atomic mass is 32.2. The number of imidazole rings is 1. The molecule has 0 atom stereocenters. The van der Waals surface area contributed by atoms with Gasteiger partial charge in [0.1, 0.15) is 30.3 Å². The predicted octanol–water partition coefficient (Wildman–Crippen LogP) is 6.85. The van der Waals surface area contributed by atoms with Crippen molar-refractivity contribution in [2.45, 2.75) is 52.5 Å². The van der Waals surface area contributed by atoms with Gasteiger partial charge < -0.3 is 18.9 Å². The Labute approximate surface area is 376 Å². The first-order valence-electron chi connectivity index (χ1n) is 19.3. The van der Waals surface area contributed by atoms with Crippen molar-refractivity contribution < 1.29 is 67.0 Å². The van der Waals surface area contributed by atoms with Crippen LogP contribution in [-0.4, -0.2) is 95.2 Å². The number of esters is 2. The average molecular weight is 976 g/mol. The molecule has 0 fully saturated rings. The number of nitrogens with zero attached hydrogens (tertiary/aromatic N) is 3. The fourth-order valence-corrected chi connectivity index (χ4v) is 11.0. The maximum Gasteiger partial charge on any atom is 0.422 e. The number of alkyl halides is 3. The van der Waals surface area contributed by atoms with E-state index in [1.54, 1.807) is 56.3 Å². The summed E-state index contributed by atoms with van der Waals surface area (Å²) in [7, 11) is -12.4. The Hall–Kier alpha value is -5.97. The van der Waals surface area contributed by atoms with Crippen LogP contribution >= 0.6 is 11.8 Å². The Balaban J connectivity index is 1.26. The lowest BCUT2D eigenvalue weighted by Gasteiger charge is -2.15. The quantitative estimate of drug-likeness (QED) is 0.0601. The third-order valence-electron chi connectivity index (χ3n) is 9.49. The molecule has 0 saturated carbocycles. The number of rotatable bonds is 19. The first kappa shape index (κ1) is 48.5. The fourth-order valence-electron chi connectivity index (χ4n) is 6.01. The number of hydrogen-bond acceptors (Lipinski definition) is 15. The zero-order valence-corrected chi connectivity index (χ0v) is 38.0. The van der Waals surface area contributed by atoms with Gasteiger partial charge in [-0.05, 0) is 81.4 Å². The van der Waals surface area contributed by atoms with Crippen LogP contribution < -0.4 is 9.47 Å². The van der Waals surface area contributed by atoms with Crippen LogP contribution in [0, 0.1) is 20.8 Å². The molecule has 6 rings (SSSR count). The van der Waals surface area contributed by atoms with E-state index in [1.807, 2.05) is 0 Å². The van der Waals surface area contributed by atoms with Crippen molar-refractivity contribution in [3.05, 3.63) is 131 Å². The number of aryl methyl sites for hydroxylation is 2. The van der Waals surface area contributed by atoms with E-state index in [9.17, 15) is 48.0 Å². The number of para-hydroxylation sites is 2. The molecule has 0 radical (unpaired) electrons. The number of pyridine rings is 1. The van der Waals surface area contributed by atoms with Crippen molar-refractivity contribution in [3.8, 4) is 11.5 Å². The van der Waals surface area contributed by atoms with Gasteiger partial charge in [-0.3, -0.25) is 4.98 Å². The topological polar surface area (TPSA) is 204 Å². The smallest absolute Gasteiger partial charge is 0.422 e. The van der Waals surface area contributed by atoms with Crippen molar-refractivity contribution >= 4 is 64.4 Å². The number of ether oxygens (including phenoxy) is 4. The Kier molecular flexibility index (Phi) is 15.0. The largest absolute Gasteiger partial charge is 0.484 e. The molecule has 2 aromatic heterocycles. The van der Waals surface area contributed by atoms with Crippen LogP contribution in [0.5, 0.6) is 11.5 Å². The molecule has 0 N–H and O–H groups in total. The molecule has 0 unspecified atom stereocenters. The SMILES string of the molecule is Cc1ccc(S(=O)(=O)CCOC(=O)COc2ccc(S(=O)(=O)n3c(SCc4nccc(OCC(F)(F)F)c4C)nc4ccccc43)cc2C(=O)OCCS(=O)(=O)c2ccc(C)cc2)cc1. The summed E-state index contributed by atoms with van der Waals surface area (Å²) >= 11 is 0.908. The monoisotopic (exact) mass is 975 g/mol. The number of hydrogen-bond donors (Lipinski definition) is 0. The summed E-state index contributed by atoms with van der Waals surface area (Å²) in [6.07, 6.45) is -3.33. The van der Waals surface area contributed by atoms with Gasteiger partial charge in [-0.1, -0.05) is 59.3 Å². The van der Waals surface area contributed by atoms with Crippen molar-refractivity contribution in [1.29, 1.82) is 0 Å². The van der Waals surface area contributed by atoms with E-state index in [0.717, 1.165) is 45.1 Å². The highest BCUT2D eigenvalue weighted by Crippen LogP contribution is 2.34. The van der Waals surface area contributed by atoms with Crippen LogP contribution in [0.3, 0.4) is 0 Å². The second-order valence-corrected chi connectivity index (χ2v) is 21.2. The molecule has 15 nitrogen and oxygen atoms in total. The van der Waals surface area contributed by atoms with Crippen molar-refractivity contribution in [3.63, 3.8) is 0 Å². The number of carbonyl (C=O) groups excluding carboxylic acids is 2. The highest BCUT2D eigenvalue weighted by molar-refractivity contribution is 7.99. The van der Waals surface area contributed by atoms with Gasteiger partial charge in [0.2, 0.25) is 0 Å². The van der Waals surface area contributed by atoms with Crippen LogP contribution in [0.2, 0.25) is 0 Å². The van der Waals surface area contributed by atoms with E-state index in [4.69, 9.17) is 18.9 Å². The first-order chi connectivity index (χ1) is 30.6. The van der Waals surface area contributed by atoms with Gasteiger partial charge in [0.25, 0.3) is 10.0 Å². The van der Waals surface area contributed by atoms with Crippen LogP contribution in [0.1, 0.15) is 32.7 Å². The van der Waals surface area contributed by atoms with Gasteiger partial charge in [-0.15, -0.1) is 0 Å². The van der Waals surface area contributed by atoms with Crippen molar-refractivity contribution in [2.75, 3.05) is 37.9 Å². The third-order valence-corrected chi connectivity index (χ3v) is 15.6. The Morgan fingerprint density at radius 2 is 1.29 bits per heavy atom. The Bertz CT molecular complexity index is 3050. The molecule has 0 saturated heterocycles. The van der Waals surface area contributed by atoms with Crippen LogP contribution in [-0.2, 0) is 49.7 Å². The summed E-state index contributed by atoms with van der Waals surface area (Å²) in [6, 6.07) is 22.7. The minimum atomic E-state index is -4.68. The van der Waals surface area contributed by atoms with E-state index in [0.29, 0.717) is 0 Å². The van der Waals surface area contributed by atoms with Gasteiger partial charge in [-0.25, -0.2) is 43.8 Å². The standard InChI is InChI=1S/C43H40F3N3O12S4/c1-28-8-12-31(13-9-28)63(52,53)22-20-58-40(50)25-60-39-17-16-33(24-34(39)41(51)59-21-23-64(54,55)32-14-10-29(2)11-15-32)65(56,57)49-37-7-5-4-6-35(37)48-42(49)62-26-36-30(3)38(18-19-47-36)61-27-43(44,45)46/h4-19,24H,20-23,25-27H2,1-3H3. The molecule has 0 aliphatic heterocycles. The third kappa shape index (κ3) is 12.2. The maximum atomic E-state index is 14.6. The maximum absolute atomic E-state index is 14.6. The Morgan fingerprint density at radius 3 is 1.91 bits per heavy atom. The van der Waals surface area contributed by atoms with E-state index in [-0.39, 0.29) is 54.5 Å². The van der Waals surface area contributed by atoms with Gasteiger partial charge in [0.15, 0.2) is 38.0 Å². The zero-order valence-electron chi connectivity index (χ0n) is 34.8. The minimum absolute atomic E-state index is 0.0175. The zero-order chi connectivity index (χ0) is 47.2. The van der Waals surface area contributed by atoms with E-state index in [1.165, 1.54) is 49.5 Å². The molecule has 0 amide bonds. The number of carbonyl (C=O) groups is 2. The van der Waals surface area contributed by atoms with Crippen LogP contribution in [0.15, 0.2) is 123 Å². The lowest BCUT2D eigenvalue weighted by Crippen LogP contribution is -2.21. The number of thioether (sulfide) groups is 1. The number of benzene rings is 4. The molecule has 0 spiro atoms. The summed E-state index contributed by atoms with van der Waals surface area (Å²) in [6.45, 7) is 1.49. The molecule has 65 heavy (non-hydrogen) atoms. The molecule has 0 bridgehead atoms. The molecule has 0 aliphatic rings. The number of fused-ring (bicyclic) bond motifs is 1. The van der Waals surface area contributed by atoms with E-state index in [2.05, 4.69) is 9.97 Å². The number of sulfone groups is 2. The molecule has 4 aromatic carbocycles. The highest BCUT2D eigenvalue weighted by Gasteiger charge is 2.30. The molecule has 22 heteroatoms. The first-order valence-corrected chi connectivity index (χ1v) is 25.1. The second kappa shape index (κ2) is 20.0. The van der Waals surface area contributed by atoms with Crippen LogP contribution in [0.25, 0.3) is 11.0 Å². The molecule has 344 valence electrons. The van der Waals surface area contributed by atoms with E-state index >= 15 is 0 Å². The molecule has 2 heterocycles. The number of halogens is 3. The van der Waals surface area contributed by atoms with Gasteiger partial charge in [0, 0.05) is 17.5 Å². The Morgan fingerprint density at radius 1 is 0.708 bits per heavy atom. The molecule has 6 aromatic rings. The van der Waals surface area contributed by atoms with Gasteiger partial charge >= 0.3 is 18.1 Å². The van der Waals surface area contributed by atoms with Crippen LogP contribution in [0.4, 0.5) is 13.2 Å².